The number of carbonyl (C=O) groups is 3. The molecule has 140 valence electrons. The summed E-state index contributed by atoms with van der Waals surface area (Å²) in [6.07, 6.45) is 0.990. The van der Waals surface area contributed by atoms with E-state index in [1.165, 1.54) is 4.90 Å². The van der Waals surface area contributed by atoms with Gasteiger partial charge in [-0.3, -0.25) is 14.4 Å². The highest BCUT2D eigenvalue weighted by Gasteiger charge is 2.30. The molecule has 1 aliphatic heterocycles. The second-order valence-corrected chi connectivity index (χ2v) is 6.70. The van der Waals surface area contributed by atoms with Crippen molar-refractivity contribution in [1.82, 2.24) is 10.2 Å². The van der Waals surface area contributed by atoms with Crippen molar-refractivity contribution in [3.05, 3.63) is 71.8 Å². The van der Waals surface area contributed by atoms with Gasteiger partial charge in [0, 0.05) is 19.0 Å². The van der Waals surface area contributed by atoms with E-state index in [0.717, 1.165) is 11.1 Å². The average Bonchev–Trinajstić information content (AvgIpc) is 2.72. The topological polar surface area (TPSA) is 92.5 Å². The molecule has 1 aliphatic rings. The van der Waals surface area contributed by atoms with Crippen molar-refractivity contribution in [2.24, 2.45) is 11.7 Å². The smallest absolute Gasteiger partial charge is 0.311 e. The molecule has 1 saturated heterocycles. The van der Waals surface area contributed by atoms with Gasteiger partial charge in [-0.15, -0.1) is 0 Å². The van der Waals surface area contributed by atoms with Crippen molar-refractivity contribution in [1.29, 1.82) is 0 Å². The fourth-order valence-electron chi connectivity index (χ4n) is 3.35. The van der Waals surface area contributed by atoms with Crippen LogP contribution >= 0.6 is 0 Å². The molecule has 1 heterocycles. The Morgan fingerprint density at radius 3 is 1.81 bits per heavy atom. The summed E-state index contributed by atoms with van der Waals surface area (Å²) in [5, 5.41) is 2.86. The van der Waals surface area contributed by atoms with Gasteiger partial charge in [0.2, 0.25) is 5.91 Å². The minimum atomic E-state index is -0.648. The van der Waals surface area contributed by atoms with E-state index in [2.05, 4.69) is 5.32 Å². The maximum absolute atomic E-state index is 12.6. The van der Waals surface area contributed by atoms with Gasteiger partial charge in [-0.1, -0.05) is 60.7 Å². The Morgan fingerprint density at radius 2 is 1.37 bits per heavy atom. The average molecular weight is 365 g/mol. The Morgan fingerprint density at radius 1 is 0.889 bits per heavy atom. The van der Waals surface area contributed by atoms with Gasteiger partial charge in [0.25, 0.3) is 0 Å². The summed E-state index contributed by atoms with van der Waals surface area (Å²) in [4.78, 5) is 37.9. The molecule has 27 heavy (non-hydrogen) atoms. The molecule has 0 aliphatic carbocycles. The lowest BCUT2D eigenvalue weighted by Gasteiger charge is -2.30. The number of carbonyl (C=O) groups excluding carboxylic acids is 3. The maximum atomic E-state index is 12.6. The fraction of sp³-hybridized carbons (Fsp3) is 0.286. The van der Waals surface area contributed by atoms with Gasteiger partial charge in [-0.25, -0.2) is 0 Å². The second kappa shape index (κ2) is 8.49. The molecule has 6 heteroatoms. The molecule has 0 bridgehead atoms. The van der Waals surface area contributed by atoms with Crippen molar-refractivity contribution in [3.8, 4) is 0 Å². The first kappa shape index (κ1) is 18.6. The summed E-state index contributed by atoms with van der Waals surface area (Å²) in [6, 6.07) is 18.7. The van der Waals surface area contributed by atoms with Gasteiger partial charge in [0.1, 0.15) is 0 Å². The van der Waals surface area contributed by atoms with Crippen LogP contribution in [0.3, 0.4) is 0 Å². The van der Waals surface area contributed by atoms with E-state index < -0.39 is 17.9 Å². The number of nitrogens with one attached hydrogen (secondary N) is 1. The number of nitrogens with zero attached hydrogens (tertiary/aromatic N) is 1. The third-order valence-corrected chi connectivity index (χ3v) is 4.92. The number of hydrogen-bond donors (Lipinski definition) is 2. The Hall–Kier alpha value is -3.15. The first-order valence-corrected chi connectivity index (χ1v) is 9.05. The molecule has 0 radical (unpaired) electrons. The quantitative estimate of drug-likeness (QED) is 0.807. The van der Waals surface area contributed by atoms with Crippen LogP contribution < -0.4 is 11.1 Å². The summed E-state index contributed by atoms with van der Waals surface area (Å²) in [7, 11) is 0. The van der Waals surface area contributed by atoms with E-state index in [9.17, 15) is 14.4 Å². The maximum Gasteiger partial charge on any atom is 0.311 e. The minimum absolute atomic E-state index is 0.224. The number of piperidine rings is 1. The summed E-state index contributed by atoms with van der Waals surface area (Å²) in [6.45, 7) is 0.725. The van der Waals surface area contributed by atoms with Gasteiger partial charge in [0.15, 0.2) is 0 Å². The molecular formula is C21H23N3O3. The lowest BCUT2D eigenvalue weighted by Crippen LogP contribution is -2.48. The largest absolute Gasteiger partial charge is 0.369 e. The Labute approximate surface area is 158 Å². The predicted octanol–water partition coefficient (Wildman–Crippen LogP) is 1.62. The molecule has 2 aromatic carbocycles. The lowest BCUT2D eigenvalue weighted by molar-refractivity contribution is -0.147. The van der Waals surface area contributed by atoms with Gasteiger partial charge in [-0.2, -0.15) is 0 Å². The summed E-state index contributed by atoms with van der Waals surface area (Å²) >= 11 is 0. The van der Waals surface area contributed by atoms with Gasteiger partial charge in [0.05, 0.1) is 6.04 Å². The number of benzene rings is 2. The number of primary amides is 1. The number of hydrogen-bond acceptors (Lipinski definition) is 3. The standard InChI is InChI=1S/C21H23N3O3/c22-19(25)17-11-13-24(14-12-17)21(27)20(26)23-18(15-7-3-1-4-8-15)16-9-5-2-6-10-16/h1-10,17-18H,11-14H2,(H2,22,25)(H,23,26). The highest BCUT2D eigenvalue weighted by molar-refractivity contribution is 6.35. The van der Waals surface area contributed by atoms with Crippen LogP contribution in [0, 0.1) is 5.92 Å². The van der Waals surface area contributed by atoms with E-state index in [0.29, 0.717) is 25.9 Å². The van der Waals surface area contributed by atoms with Crippen LogP contribution in [0.1, 0.15) is 30.0 Å². The Balaban J connectivity index is 1.71. The van der Waals surface area contributed by atoms with Crippen LogP contribution in [0.25, 0.3) is 0 Å². The van der Waals surface area contributed by atoms with Crippen LogP contribution in [-0.2, 0) is 14.4 Å². The van der Waals surface area contributed by atoms with E-state index in [1.807, 2.05) is 60.7 Å². The number of rotatable bonds is 4. The van der Waals surface area contributed by atoms with Gasteiger partial charge in [-0.05, 0) is 24.0 Å². The normalized spacial score (nSPS) is 14.8. The lowest BCUT2D eigenvalue weighted by atomic mass is 9.96. The molecule has 3 amide bonds. The molecule has 0 unspecified atom stereocenters. The second-order valence-electron chi connectivity index (χ2n) is 6.70. The number of nitrogens with two attached hydrogens (primary N) is 1. The monoisotopic (exact) mass is 365 g/mol. The summed E-state index contributed by atoms with van der Waals surface area (Å²) in [5.41, 5.74) is 7.12. The molecule has 3 N–H and O–H groups in total. The van der Waals surface area contributed by atoms with Crippen LogP contribution in [-0.4, -0.2) is 35.7 Å². The van der Waals surface area contributed by atoms with E-state index in [1.54, 1.807) is 0 Å². The molecule has 0 saturated carbocycles. The summed E-state index contributed by atoms with van der Waals surface area (Å²) < 4.78 is 0. The first-order chi connectivity index (χ1) is 13.1. The van der Waals surface area contributed by atoms with Crippen LogP contribution in [0.5, 0.6) is 0 Å². The SMILES string of the molecule is NC(=O)C1CCN(C(=O)C(=O)NC(c2ccccc2)c2ccccc2)CC1. The van der Waals surface area contributed by atoms with Crippen molar-refractivity contribution in [2.75, 3.05) is 13.1 Å². The highest BCUT2D eigenvalue weighted by atomic mass is 16.2. The number of amides is 3. The van der Waals surface area contributed by atoms with Crippen molar-refractivity contribution < 1.29 is 14.4 Å². The van der Waals surface area contributed by atoms with Gasteiger partial charge >= 0.3 is 11.8 Å². The van der Waals surface area contributed by atoms with E-state index >= 15 is 0 Å². The van der Waals surface area contributed by atoms with E-state index in [4.69, 9.17) is 5.73 Å². The van der Waals surface area contributed by atoms with Crippen molar-refractivity contribution >= 4 is 17.7 Å². The third kappa shape index (κ3) is 4.53. The molecule has 0 spiro atoms. The highest BCUT2D eigenvalue weighted by Crippen LogP contribution is 2.22. The van der Waals surface area contributed by atoms with Crippen molar-refractivity contribution in [2.45, 2.75) is 18.9 Å². The zero-order valence-electron chi connectivity index (χ0n) is 15.0. The van der Waals surface area contributed by atoms with Crippen LogP contribution in [0.4, 0.5) is 0 Å². The Bertz CT molecular complexity index is 760. The number of likely N-dealkylation sites (tertiary alicyclic amines) is 1. The molecule has 3 rings (SSSR count). The molecular weight excluding hydrogens is 342 g/mol. The molecule has 2 aromatic rings. The molecule has 1 fully saturated rings. The summed E-state index contributed by atoms with van der Waals surface area (Å²) in [5.74, 6) is -1.79. The predicted molar refractivity (Wildman–Crippen MR) is 101 cm³/mol. The third-order valence-electron chi connectivity index (χ3n) is 4.92. The molecule has 0 atom stereocenters. The Kier molecular flexibility index (Phi) is 5.86. The van der Waals surface area contributed by atoms with Crippen molar-refractivity contribution in [3.63, 3.8) is 0 Å². The van der Waals surface area contributed by atoms with E-state index in [-0.39, 0.29) is 11.8 Å². The zero-order chi connectivity index (χ0) is 19.2. The fourth-order valence-corrected chi connectivity index (χ4v) is 3.35. The van der Waals surface area contributed by atoms with Crippen LogP contribution in [0.2, 0.25) is 0 Å². The molecule has 0 aromatic heterocycles. The minimum Gasteiger partial charge on any atom is -0.369 e. The molecule has 6 nitrogen and oxygen atoms in total. The zero-order valence-corrected chi connectivity index (χ0v) is 15.0. The first-order valence-electron chi connectivity index (χ1n) is 9.05. The van der Waals surface area contributed by atoms with Gasteiger partial charge < -0.3 is 16.0 Å². The van der Waals surface area contributed by atoms with Crippen LogP contribution in [0.15, 0.2) is 60.7 Å².